The highest BCUT2D eigenvalue weighted by molar-refractivity contribution is 5.34. The summed E-state index contributed by atoms with van der Waals surface area (Å²) in [5.74, 6) is 1.09. The van der Waals surface area contributed by atoms with Crippen LogP contribution in [0.5, 0.6) is 0 Å². The lowest BCUT2D eigenvalue weighted by Crippen LogP contribution is -2.43. The van der Waals surface area contributed by atoms with Crippen LogP contribution in [0.1, 0.15) is 25.5 Å². The summed E-state index contributed by atoms with van der Waals surface area (Å²) in [4.78, 5) is 6.88. The Hall–Kier alpha value is -1.03. The molecule has 0 radical (unpaired) electrons. The second-order valence-corrected chi connectivity index (χ2v) is 4.32. The Balaban J connectivity index is 2.19. The molecule has 4 heteroatoms. The number of nitrogens with two attached hydrogens (primary N) is 1. The second kappa shape index (κ2) is 4.23. The van der Waals surface area contributed by atoms with Crippen molar-refractivity contribution in [3.8, 4) is 0 Å². The molecule has 1 aromatic heterocycles. The van der Waals surface area contributed by atoms with Crippen molar-refractivity contribution in [3.05, 3.63) is 11.9 Å². The zero-order chi connectivity index (χ0) is 10.8. The number of imidazole rings is 1. The molecule has 0 amide bonds. The molecule has 15 heavy (non-hydrogen) atoms. The third-order valence-corrected chi connectivity index (χ3v) is 2.96. The quantitative estimate of drug-likeness (QED) is 0.792. The van der Waals surface area contributed by atoms with Gasteiger partial charge in [-0.2, -0.15) is 0 Å². The number of rotatable bonds is 2. The van der Waals surface area contributed by atoms with Crippen molar-refractivity contribution in [3.63, 3.8) is 0 Å². The van der Waals surface area contributed by atoms with E-state index in [1.165, 1.54) is 6.42 Å². The fourth-order valence-corrected chi connectivity index (χ4v) is 2.21. The molecule has 0 aromatic carbocycles. The maximum atomic E-state index is 5.98. The minimum atomic E-state index is 0.307. The second-order valence-electron chi connectivity index (χ2n) is 4.32. The summed E-state index contributed by atoms with van der Waals surface area (Å²) < 4.78 is 2.20. The van der Waals surface area contributed by atoms with Gasteiger partial charge in [0.05, 0.1) is 5.69 Å². The Kier molecular flexibility index (Phi) is 2.95. The smallest absolute Gasteiger partial charge is 0.205 e. The number of piperidine rings is 1. The first-order valence-corrected chi connectivity index (χ1v) is 5.75. The maximum Gasteiger partial charge on any atom is 0.205 e. The molecule has 1 aliphatic heterocycles. The first-order chi connectivity index (χ1) is 7.20. The van der Waals surface area contributed by atoms with Crippen LogP contribution in [-0.4, -0.2) is 28.7 Å². The van der Waals surface area contributed by atoms with E-state index in [9.17, 15) is 0 Å². The highest BCUT2D eigenvalue weighted by Gasteiger charge is 2.20. The average Bonchev–Trinajstić information content (AvgIpc) is 2.59. The third-order valence-electron chi connectivity index (χ3n) is 2.96. The highest BCUT2D eigenvalue weighted by Crippen LogP contribution is 2.18. The molecule has 2 heterocycles. The van der Waals surface area contributed by atoms with Gasteiger partial charge in [0.1, 0.15) is 0 Å². The maximum absolute atomic E-state index is 5.98. The zero-order valence-corrected chi connectivity index (χ0v) is 9.61. The summed E-state index contributed by atoms with van der Waals surface area (Å²) in [5.41, 5.74) is 7.07. The summed E-state index contributed by atoms with van der Waals surface area (Å²) in [7, 11) is 0. The number of aromatic nitrogens is 2. The minimum absolute atomic E-state index is 0.307. The van der Waals surface area contributed by atoms with E-state index in [1.54, 1.807) is 0 Å². The SMILES string of the molecule is CCn1cc(C)nc1N1CCC[C@@H](N)C1. The standard InChI is InChI=1S/C11H20N4/c1-3-14-7-9(2)13-11(14)15-6-4-5-10(12)8-15/h7,10H,3-6,8,12H2,1-2H3/t10-/m1/s1. The first kappa shape index (κ1) is 10.5. The van der Waals surface area contributed by atoms with E-state index >= 15 is 0 Å². The topological polar surface area (TPSA) is 47.1 Å². The summed E-state index contributed by atoms with van der Waals surface area (Å²) in [6.07, 6.45) is 4.43. The molecule has 4 nitrogen and oxygen atoms in total. The van der Waals surface area contributed by atoms with Gasteiger partial charge in [-0.3, -0.25) is 0 Å². The predicted octanol–water partition coefficient (Wildman–Crippen LogP) is 1.14. The van der Waals surface area contributed by atoms with Crippen LogP contribution in [0.4, 0.5) is 5.95 Å². The molecule has 0 saturated carbocycles. The van der Waals surface area contributed by atoms with Crippen LogP contribution in [0.25, 0.3) is 0 Å². The normalized spacial score (nSPS) is 22.1. The van der Waals surface area contributed by atoms with Crippen molar-refractivity contribution in [2.75, 3.05) is 18.0 Å². The molecule has 0 bridgehead atoms. The van der Waals surface area contributed by atoms with Gasteiger partial charge >= 0.3 is 0 Å². The molecule has 1 fully saturated rings. The molecule has 1 atom stereocenters. The monoisotopic (exact) mass is 208 g/mol. The number of aryl methyl sites for hydroxylation is 2. The lowest BCUT2D eigenvalue weighted by molar-refractivity contribution is 0.493. The van der Waals surface area contributed by atoms with Crippen LogP contribution in [0.3, 0.4) is 0 Å². The predicted molar refractivity (Wildman–Crippen MR) is 62.1 cm³/mol. The lowest BCUT2D eigenvalue weighted by Gasteiger charge is -2.31. The van der Waals surface area contributed by atoms with Gasteiger partial charge in [-0.05, 0) is 26.7 Å². The first-order valence-electron chi connectivity index (χ1n) is 5.75. The minimum Gasteiger partial charge on any atom is -0.341 e. The summed E-state index contributed by atoms with van der Waals surface area (Å²) in [6, 6.07) is 0.307. The van der Waals surface area contributed by atoms with Gasteiger partial charge in [0, 0.05) is 31.9 Å². The van der Waals surface area contributed by atoms with Crippen molar-refractivity contribution >= 4 is 5.95 Å². The summed E-state index contributed by atoms with van der Waals surface area (Å²) in [6.45, 7) is 7.19. The van der Waals surface area contributed by atoms with E-state index in [4.69, 9.17) is 5.73 Å². The molecular weight excluding hydrogens is 188 g/mol. The van der Waals surface area contributed by atoms with Gasteiger partial charge in [0.2, 0.25) is 5.95 Å². The third kappa shape index (κ3) is 2.15. The van der Waals surface area contributed by atoms with Crippen LogP contribution in [0.2, 0.25) is 0 Å². The van der Waals surface area contributed by atoms with E-state index in [-0.39, 0.29) is 0 Å². The average molecular weight is 208 g/mol. The molecule has 0 aliphatic carbocycles. The Morgan fingerprint density at radius 1 is 1.60 bits per heavy atom. The molecular formula is C11H20N4. The van der Waals surface area contributed by atoms with E-state index in [2.05, 4.69) is 27.6 Å². The molecule has 2 rings (SSSR count). The molecule has 1 saturated heterocycles. The van der Waals surface area contributed by atoms with Gasteiger partial charge in [-0.25, -0.2) is 4.98 Å². The van der Waals surface area contributed by atoms with E-state index in [0.29, 0.717) is 6.04 Å². The Morgan fingerprint density at radius 2 is 2.40 bits per heavy atom. The van der Waals surface area contributed by atoms with Gasteiger partial charge in [0.25, 0.3) is 0 Å². The lowest BCUT2D eigenvalue weighted by atomic mass is 10.1. The fourth-order valence-electron chi connectivity index (χ4n) is 2.21. The van der Waals surface area contributed by atoms with Crippen molar-refractivity contribution in [2.45, 2.75) is 39.3 Å². The Labute approximate surface area is 91.1 Å². The number of hydrogen-bond acceptors (Lipinski definition) is 3. The molecule has 2 N–H and O–H groups in total. The molecule has 84 valence electrons. The Morgan fingerprint density at radius 3 is 3.07 bits per heavy atom. The van der Waals surface area contributed by atoms with Gasteiger partial charge in [0.15, 0.2) is 0 Å². The Bertz CT molecular complexity index is 331. The number of nitrogens with zero attached hydrogens (tertiary/aromatic N) is 3. The van der Waals surface area contributed by atoms with E-state index in [1.807, 2.05) is 6.92 Å². The highest BCUT2D eigenvalue weighted by atomic mass is 15.3. The van der Waals surface area contributed by atoms with Gasteiger partial charge in [-0.15, -0.1) is 0 Å². The number of anilines is 1. The van der Waals surface area contributed by atoms with Crippen LogP contribution in [0, 0.1) is 6.92 Å². The van der Waals surface area contributed by atoms with E-state index in [0.717, 1.165) is 37.7 Å². The molecule has 0 spiro atoms. The van der Waals surface area contributed by atoms with Crippen molar-refractivity contribution in [1.82, 2.24) is 9.55 Å². The van der Waals surface area contributed by atoms with Crippen LogP contribution in [-0.2, 0) is 6.54 Å². The zero-order valence-electron chi connectivity index (χ0n) is 9.61. The molecule has 1 aromatic rings. The van der Waals surface area contributed by atoms with Gasteiger partial charge in [-0.1, -0.05) is 0 Å². The number of hydrogen-bond donors (Lipinski definition) is 1. The largest absolute Gasteiger partial charge is 0.341 e. The van der Waals surface area contributed by atoms with Crippen LogP contribution >= 0.6 is 0 Å². The van der Waals surface area contributed by atoms with Gasteiger partial charge < -0.3 is 15.2 Å². The van der Waals surface area contributed by atoms with Crippen molar-refractivity contribution < 1.29 is 0 Å². The molecule has 1 aliphatic rings. The van der Waals surface area contributed by atoms with Crippen LogP contribution in [0.15, 0.2) is 6.20 Å². The summed E-state index contributed by atoms with van der Waals surface area (Å²) in [5, 5.41) is 0. The van der Waals surface area contributed by atoms with Crippen molar-refractivity contribution in [2.24, 2.45) is 5.73 Å². The fraction of sp³-hybridized carbons (Fsp3) is 0.727. The molecule has 0 unspecified atom stereocenters. The van der Waals surface area contributed by atoms with Crippen molar-refractivity contribution in [1.29, 1.82) is 0 Å². The summed E-state index contributed by atoms with van der Waals surface area (Å²) >= 11 is 0. The van der Waals surface area contributed by atoms with Crippen LogP contribution < -0.4 is 10.6 Å². The van der Waals surface area contributed by atoms with E-state index < -0.39 is 0 Å².